The van der Waals surface area contributed by atoms with Crippen LogP contribution in [0.15, 0.2) is 42.5 Å². The molecule has 24 heavy (non-hydrogen) atoms. The Morgan fingerprint density at radius 1 is 1.17 bits per heavy atom. The quantitative estimate of drug-likeness (QED) is 0.584. The Labute approximate surface area is 147 Å². The molecule has 3 N–H and O–H groups in total. The van der Waals surface area contributed by atoms with Crippen LogP contribution in [0.5, 0.6) is 0 Å². The predicted octanol–water partition coefficient (Wildman–Crippen LogP) is 4.67. The topological polar surface area (TPSA) is 64.3 Å². The van der Waals surface area contributed by atoms with Gasteiger partial charge in [-0.2, -0.15) is 0 Å². The monoisotopic (exact) mass is 342 g/mol. The first-order valence-corrected chi connectivity index (χ1v) is 7.78. The first kappa shape index (κ1) is 17.7. The molecule has 0 spiro atoms. The number of carbonyl (C=O) groups is 1. The Bertz CT molecular complexity index is 814. The number of hydrogen-bond donors (Lipinski definition) is 2. The van der Waals surface area contributed by atoms with Crippen molar-refractivity contribution >= 4 is 29.1 Å². The number of ether oxygens (including phenoxy) is 1. The summed E-state index contributed by atoms with van der Waals surface area (Å²) in [6.45, 7) is 5.38. The molecule has 0 aliphatic heterocycles. The van der Waals surface area contributed by atoms with Crippen LogP contribution in [0.4, 0.5) is 16.2 Å². The summed E-state index contributed by atoms with van der Waals surface area (Å²) in [7, 11) is 0. The van der Waals surface area contributed by atoms with E-state index in [0.717, 1.165) is 11.1 Å². The fourth-order valence-corrected chi connectivity index (χ4v) is 2.05. The molecule has 2 aromatic carbocycles. The summed E-state index contributed by atoms with van der Waals surface area (Å²) in [6.07, 6.45) is -0.552. The van der Waals surface area contributed by atoms with Crippen molar-refractivity contribution in [1.82, 2.24) is 0 Å². The third kappa shape index (κ3) is 5.22. The smallest absolute Gasteiger partial charge is 0.412 e. The molecule has 0 radical (unpaired) electrons. The number of carbonyl (C=O) groups excluding carboxylic acids is 1. The van der Waals surface area contributed by atoms with E-state index in [4.69, 9.17) is 22.1 Å². The zero-order valence-corrected chi connectivity index (χ0v) is 14.6. The fraction of sp³-hybridized carbons (Fsp3) is 0.211. The lowest BCUT2D eigenvalue weighted by atomic mass is 10.1. The molecule has 0 aromatic heterocycles. The molecule has 0 saturated carbocycles. The standard InChI is InChI=1S/C19H19ClN2O2/c1-19(2,3)24-18(23)22-17-11-9-13(12-16(17)21)8-10-14-6-4-5-7-15(14)20/h4-7,9,11-12H,21H2,1-3H3,(H,22,23). The maximum absolute atomic E-state index is 11.8. The van der Waals surface area contributed by atoms with Gasteiger partial charge in [0.25, 0.3) is 0 Å². The molecular weight excluding hydrogens is 324 g/mol. The maximum Gasteiger partial charge on any atom is 0.412 e. The molecule has 5 heteroatoms. The van der Waals surface area contributed by atoms with Gasteiger partial charge in [-0.15, -0.1) is 0 Å². The number of nitrogen functional groups attached to an aromatic ring is 1. The van der Waals surface area contributed by atoms with Gasteiger partial charge in [0, 0.05) is 11.1 Å². The van der Waals surface area contributed by atoms with Crippen LogP contribution in [0.3, 0.4) is 0 Å². The van der Waals surface area contributed by atoms with Crippen molar-refractivity contribution in [2.45, 2.75) is 26.4 Å². The number of nitrogens with one attached hydrogen (secondary N) is 1. The van der Waals surface area contributed by atoms with Crippen molar-refractivity contribution in [2.24, 2.45) is 0 Å². The molecule has 2 rings (SSSR count). The van der Waals surface area contributed by atoms with Crippen LogP contribution in [-0.2, 0) is 4.74 Å². The number of nitrogens with two attached hydrogens (primary N) is 1. The summed E-state index contributed by atoms with van der Waals surface area (Å²) in [5.74, 6) is 6.00. The average Bonchev–Trinajstić information content (AvgIpc) is 2.47. The van der Waals surface area contributed by atoms with Crippen molar-refractivity contribution < 1.29 is 9.53 Å². The molecule has 0 aliphatic carbocycles. The van der Waals surface area contributed by atoms with Gasteiger partial charge in [0.2, 0.25) is 0 Å². The Balaban J connectivity index is 2.13. The molecule has 0 fully saturated rings. The zero-order chi connectivity index (χ0) is 17.7. The van der Waals surface area contributed by atoms with Gasteiger partial charge in [0.1, 0.15) is 5.60 Å². The third-order valence-electron chi connectivity index (χ3n) is 2.90. The minimum atomic E-state index is -0.570. The van der Waals surface area contributed by atoms with E-state index in [1.165, 1.54) is 0 Å². The highest BCUT2D eigenvalue weighted by atomic mass is 35.5. The molecule has 0 aliphatic rings. The molecular formula is C19H19ClN2O2. The van der Waals surface area contributed by atoms with Crippen LogP contribution in [0.2, 0.25) is 5.02 Å². The molecule has 2 aromatic rings. The van der Waals surface area contributed by atoms with E-state index in [2.05, 4.69) is 17.2 Å². The first-order chi connectivity index (χ1) is 11.2. The van der Waals surface area contributed by atoms with Gasteiger partial charge in [0.15, 0.2) is 0 Å². The van der Waals surface area contributed by atoms with E-state index in [9.17, 15) is 4.79 Å². The third-order valence-corrected chi connectivity index (χ3v) is 3.23. The molecule has 0 atom stereocenters. The molecule has 1 amide bonds. The van der Waals surface area contributed by atoms with Crippen LogP contribution < -0.4 is 11.1 Å². The largest absolute Gasteiger partial charge is 0.444 e. The molecule has 0 saturated heterocycles. The SMILES string of the molecule is CC(C)(C)OC(=O)Nc1ccc(C#Cc2ccccc2Cl)cc1N. The summed E-state index contributed by atoms with van der Waals surface area (Å²) in [5.41, 5.74) is 7.75. The molecule has 4 nitrogen and oxygen atoms in total. The summed E-state index contributed by atoms with van der Waals surface area (Å²) < 4.78 is 5.20. The molecule has 0 bridgehead atoms. The van der Waals surface area contributed by atoms with Crippen LogP contribution in [0, 0.1) is 11.8 Å². The Kier molecular flexibility index (Phi) is 5.38. The van der Waals surface area contributed by atoms with Gasteiger partial charge in [-0.05, 0) is 51.1 Å². The highest BCUT2D eigenvalue weighted by Crippen LogP contribution is 2.21. The highest BCUT2D eigenvalue weighted by Gasteiger charge is 2.16. The van der Waals surface area contributed by atoms with Crippen LogP contribution in [0.1, 0.15) is 31.9 Å². The fourth-order valence-electron chi connectivity index (χ4n) is 1.87. The lowest BCUT2D eigenvalue weighted by Gasteiger charge is -2.20. The predicted molar refractivity (Wildman–Crippen MR) is 98.1 cm³/mol. The van der Waals surface area contributed by atoms with E-state index in [-0.39, 0.29) is 0 Å². The molecule has 0 unspecified atom stereocenters. The average molecular weight is 343 g/mol. The van der Waals surface area contributed by atoms with Crippen molar-refractivity contribution in [3.8, 4) is 11.8 Å². The first-order valence-electron chi connectivity index (χ1n) is 7.41. The lowest BCUT2D eigenvalue weighted by Crippen LogP contribution is -2.27. The minimum absolute atomic E-state index is 0.409. The van der Waals surface area contributed by atoms with Crippen LogP contribution >= 0.6 is 11.6 Å². The number of amides is 1. The van der Waals surface area contributed by atoms with Crippen LogP contribution in [-0.4, -0.2) is 11.7 Å². The van der Waals surface area contributed by atoms with Crippen molar-refractivity contribution in [1.29, 1.82) is 0 Å². The summed E-state index contributed by atoms with van der Waals surface area (Å²) in [4.78, 5) is 11.8. The van der Waals surface area contributed by atoms with Gasteiger partial charge in [-0.1, -0.05) is 35.6 Å². The lowest BCUT2D eigenvalue weighted by molar-refractivity contribution is 0.0636. The van der Waals surface area contributed by atoms with E-state index in [0.29, 0.717) is 16.4 Å². The maximum atomic E-state index is 11.8. The number of rotatable bonds is 1. The van der Waals surface area contributed by atoms with Gasteiger partial charge < -0.3 is 10.5 Å². The molecule has 0 heterocycles. The van der Waals surface area contributed by atoms with E-state index >= 15 is 0 Å². The van der Waals surface area contributed by atoms with Gasteiger partial charge in [-0.25, -0.2) is 4.79 Å². The highest BCUT2D eigenvalue weighted by molar-refractivity contribution is 6.31. The van der Waals surface area contributed by atoms with E-state index in [1.54, 1.807) is 45.0 Å². The summed E-state index contributed by atoms with van der Waals surface area (Å²) >= 11 is 6.07. The Hall–Kier alpha value is -2.64. The van der Waals surface area contributed by atoms with E-state index in [1.807, 2.05) is 18.2 Å². The van der Waals surface area contributed by atoms with Crippen molar-refractivity contribution in [3.63, 3.8) is 0 Å². The number of benzene rings is 2. The number of hydrogen-bond acceptors (Lipinski definition) is 3. The number of anilines is 2. The van der Waals surface area contributed by atoms with E-state index < -0.39 is 11.7 Å². The Morgan fingerprint density at radius 3 is 2.50 bits per heavy atom. The van der Waals surface area contributed by atoms with Crippen molar-refractivity contribution in [2.75, 3.05) is 11.1 Å². The Morgan fingerprint density at radius 2 is 1.88 bits per heavy atom. The van der Waals surface area contributed by atoms with Gasteiger partial charge in [0.05, 0.1) is 16.4 Å². The van der Waals surface area contributed by atoms with Crippen molar-refractivity contribution in [3.05, 3.63) is 58.6 Å². The summed E-state index contributed by atoms with van der Waals surface area (Å²) in [6, 6.07) is 12.5. The minimum Gasteiger partial charge on any atom is -0.444 e. The second kappa shape index (κ2) is 7.29. The summed E-state index contributed by atoms with van der Waals surface area (Å²) in [5, 5.41) is 3.22. The second-order valence-electron chi connectivity index (χ2n) is 6.16. The zero-order valence-electron chi connectivity index (χ0n) is 13.8. The second-order valence-corrected chi connectivity index (χ2v) is 6.57. The van der Waals surface area contributed by atoms with Gasteiger partial charge in [-0.3, -0.25) is 5.32 Å². The number of halogens is 1. The van der Waals surface area contributed by atoms with Crippen LogP contribution in [0.25, 0.3) is 0 Å². The normalized spacial score (nSPS) is 10.5. The molecule has 124 valence electrons. The van der Waals surface area contributed by atoms with Gasteiger partial charge >= 0.3 is 6.09 Å².